The molecule has 0 saturated heterocycles. The van der Waals surface area contributed by atoms with Crippen LogP contribution in [0.2, 0.25) is 0 Å². The molecule has 4 rings (SSSR count). The molecule has 9 nitrogen and oxygen atoms in total. The number of methoxy groups -OCH3 is 1. The molecular formula is C21H20N5NiO4+. The Morgan fingerprint density at radius 3 is 2.13 bits per heavy atom. The number of pyridine rings is 2. The van der Waals surface area contributed by atoms with Gasteiger partial charge in [-0.2, -0.15) is 0 Å². The van der Waals surface area contributed by atoms with Crippen LogP contribution in [0.25, 0.3) is 27.2 Å². The first-order valence-electron chi connectivity index (χ1n) is 8.56. The van der Waals surface area contributed by atoms with Crippen LogP contribution in [0.1, 0.15) is 5.56 Å². The molecule has 10 heteroatoms. The molecule has 0 aliphatic heterocycles. The van der Waals surface area contributed by atoms with Gasteiger partial charge in [-0.15, -0.1) is 0 Å². The van der Waals surface area contributed by atoms with Gasteiger partial charge in [-0.25, -0.2) is 0 Å². The molecule has 0 bridgehead atoms. The Morgan fingerprint density at radius 1 is 1.03 bits per heavy atom. The fourth-order valence-electron chi connectivity index (χ4n) is 2.62. The summed E-state index contributed by atoms with van der Waals surface area (Å²) in [6.07, 6.45) is 4.75. The van der Waals surface area contributed by atoms with Crippen molar-refractivity contribution in [2.45, 2.75) is 0 Å². The van der Waals surface area contributed by atoms with Crippen molar-refractivity contribution in [2.24, 2.45) is 10.8 Å². The molecule has 0 saturated carbocycles. The minimum atomic E-state index is -0.915. The summed E-state index contributed by atoms with van der Waals surface area (Å²) in [6.45, 7) is 0. The van der Waals surface area contributed by atoms with E-state index >= 15 is 0 Å². The molecule has 2 heterocycles. The molecule has 31 heavy (non-hydrogen) atoms. The Balaban J connectivity index is 0.000000291. The van der Waals surface area contributed by atoms with Gasteiger partial charge in [0.15, 0.2) is 6.03 Å². The maximum Gasteiger partial charge on any atom is 2.00 e. The van der Waals surface area contributed by atoms with E-state index in [2.05, 4.69) is 44.8 Å². The number of carbonyl (C=O) groups excluding carboxylic acids is 1. The molecular weight excluding hydrogens is 445 g/mol. The number of nitrogens with zero attached hydrogens (tertiary/aromatic N) is 4. The molecule has 162 valence electrons. The van der Waals surface area contributed by atoms with Crippen molar-refractivity contribution in [2.75, 3.05) is 7.11 Å². The third-order valence-electron chi connectivity index (χ3n) is 3.93. The van der Waals surface area contributed by atoms with Gasteiger partial charge in [0.05, 0.1) is 18.1 Å². The predicted molar refractivity (Wildman–Crippen MR) is 115 cm³/mol. The van der Waals surface area contributed by atoms with E-state index in [1.54, 1.807) is 18.5 Å². The standard InChI is InChI=1S/C12H8N2.C9H11N3O3.Ni.H2O/c1-3-9-5-6-10-4-2-8-14-12(10)11(9)13-7-1;1-15-7-4-2-3-6(8(7)13)5-11-12-9(10)14;;/h1-8H;2-5H,1H3,(H4,10,11,12,13,14);;1H2/q;;+2;/p-1. The number of urea groups is 1. The number of aromatic nitrogens is 2. The summed E-state index contributed by atoms with van der Waals surface area (Å²) in [5.41, 5.74) is 10.0. The zero-order valence-electron chi connectivity index (χ0n) is 16.4. The third kappa shape index (κ3) is 6.37. The molecule has 2 aromatic heterocycles. The Kier molecular flexibility index (Phi) is 9.84. The molecule has 0 unspecified atom stereocenters. The van der Waals surface area contributed by atoms with Crippen LogP contribution in [0, 0.1) is 0 Å². The SMILES string of the molecule is COc1cccc(/C=N/[N-]C(N)=O)c1[O-].[Ni+2].[OH3+].c1cnc2c(c1)ccc1cccnc12. The monoisotopic (exact) mass is 464 g/mol. The average Bonchev–Trinajstić information content (AvgIpc) is 2.75. The number of fused-ring (bicyclic) bond motifs is 3. The van der Waals surface area contributed by atoms with E-state index in [0.717, 1.165) is 28.0 Å². The van der Waals surface area contributed by atoms with E-state index in [9.17, 15) is 9.90 Å². The number of benzene rings is 2. The van der Waals surface area contributed by atoms with Gasteiger partial charge in [-0.1, -0.05) is 42.1 Å². The van der Waals surface area contributed by atoms with Crippen LogP contribution < -0.4 is 15.6 Å². The van der Waals surface area contributed by atoms with Crippen LogP contribution in [0.3, 0.4) is 0 Å². The number of hydrogen-bond donors (Lipinski definition) is 1. The zero-order valence-corrected chi connectivity index (χ0v) is 17.4. The number of para-hydroxylation sites is 1. The fraction of sp³-hybridized carbons (Fsp3) is 0.0476. The molecule has 2 amide bonds. The summed E-state index contributed by atoms with van der Waals surface area (Å²) < 4.78 is 4.82. The van der Waals surface area contributed by atoms with Crippen molar-refractivity contribution in [3.63, 3.8) is 0 Å². The van der Waals surface area contributed by atoms with E-state index < -0.39 is 6.03 Å². The van der Waals surface area contributed by atoms with Crippen molar-refractivity contribution in [1.82, 2.24) is 9.97 Å². The normalized spacial score (nSPS) is 9.84. The number of ether oxygens (including phenoxy) is 1. The molecule has 4 aromatic rings. The van der Waals surface area contributed by atoms with E-state index in [-0.39, 0.29) is 39.0 Å². The number of amides is 2. The van der Waals surface area contributed by atoms with Gasteiger partial charge >= 0.3 is 16.5 Å². The second kappa shape index (κ2) is 12.1. The Bertz CT molecular complexity index is 1130. The van der Waals surface area contributed by atoms with Gasteiger partial charge in [-0.05, 0) is 23.8 Å². The van der Waals surface area contributed by atoms with Gasteiger partial charge in [-0.3, -0.25) is 19.9 Å². The van der Waals surface area contributed by atoms with E-state index in [1.165, 1.54) is 19.2 Å². The summed E-state index contributed by atoms with van der Waals surface area (Å²) in [5.74, 6) is -0.110. The van der Waals surface area contributed by atoms with Crippen molar-refractivity contribution >= 4 is 34.1 Å². The van der Waals surface area contributed by atoms with Gasteiger partial charge in [0, 0.05) is 29.4 Å². The van der Waals surface area contributed by atoms with Crippen LogP contribution in [0.5, 0.6) is 11.5 Å². The second-order valence-electron chi connectivity index (χ2n) is 5.78. The van der Waals surface area contributed by atoms with Crippen molar-refractivity contribution in [3.8, 4) is 11.5 Å². The van der Waals surface area contributed by atoms with Crippen molar-refractivity contribution in [1.29, 1.82) is 0 Å². The van der Waals surface area contributed by atoms with Crippen LogP contribution in [0.4, 0.5) is 4.79 Å². The predicted octanol–water partition coefficient (Wildman–Crippen LogP) is 2.41. The van der Waals surface area contributed by atoms with Crippen molar-refractivity contribution < 1.29 is 36.6 Å². The number of nitrogens with two attached hydrogens (primary N) is 1. The number of rotatable bonds is 3. The molecule has 0 atom stereocenters. The van der Waals surface area contributed by atoms with Crippen LogP contribution >= 0.6 is 0 Å². The smallest absolute Gasteiger partial charge is 0.870 e. The second-order valence-corrected chi connectivity index (χ2v) is 5.78. The van der Waals surface area contributed by atoms with Gasteiger partial charge in [0.2, 0.25) is 0 Å². The van der Waals surface area contributed by atoms with Gasteiger partial charge in [0.1, 0.15) is 5.75 Å². The molecule has 0 spiro atoms. The quantitative estimate of drug-likeness (QED) is 0.161. The fourth-order valence-corrected chi connectivity index (χ4v) is 2.62. The largest absolute Gasteiger partial charge is 2.00 e. The Labute approximate surface area is 188 Å². The van der Waals surface area contributed by atoms with E-state index in [1.807, 2.05) is 12.1 Å². The molecule has 0 aliphatic rings. The molecule has 0 fully saturated rings. The summed E-state index contributed by atoms with van der Waals surface area (Å²) in [4.78, 5) is 18.9. The first kappa shape index (κ1) is 25.3. The maximum atomic E-state index is 11.5. The summed E-state index contributed by atoms with van der Waals surface area (Å²) >= 11 is 0. The zero-order chi connectivity index (χ0) is 20.6. The van der Waals surface area contributed by atoms with Gasteiger partial charge < -0.3 is 26.5 Å². The molecule has 2 aromatic carbocycles. The minimum Gasteiger partial charge on any atom is -0.870 e. The molecule has 5 N–H and O–H groups in total. The molecule has 0 aliphatic carbocycles. The first-order valence-corrected chi connectivity index (χ1v) is 8.56. The maximum absolute atomic E-state index is 11.5. The van der Waals surface area contributed by atoms with Gasteiger partial charge in [0.25, 0.3) is 0 Å². The number of carbonyl (C=O) groups is 1. The third-order valence-corrected chi connectivity index (χ3v) is 3.93. The Morgan fingerprint density at radius 2 is 1.61 bits per heavy atom. The summed E-state index contributed by atoms with van der Waals surface area (Å²) in [7, 11) is 1.39. The van der Waals surface area contributed by atoms with Crippen LogP contribution in [0.15, 0.2) is 72.1 Å². The average molecular weight is 465 g/mol. The molecule has 0 radical (unpaired) electrons. The summed E-state index contributed by atoms with van der Waals surface area (Å²) in [5, 5.41) is 17.1. The minimum absolute atomic E-state index is 0. The summed E-state index contributed by atoms with van der Waals surface area (Å²) in [6, 6.07) is 15.9. The van der Waals surface area contributed by atoms with Crippen molar-refractivity contribution in [3.05, 3.63) is 78.0 Å². The number of hydrogen-bond acceptors (Lipinski definition) is 6. The van der Waals surface area contributed by atoms with Crippen LogP contribution in [-0.2, 0) is 22.0 Å². The Hall–Kier alpha value is -3.75. The first-order chi connectivity index (χ1) is 14.1. The van der Waals surface area contributed by atoms with Crippen LogP contribution in [-0.4, -0.2) is 29.3 Å². The van der Waals surface area contributed by atoms with E-state index in [0.29, 0.717) is 0 Å². The topological polar surface area (TPSA) is 161 Å². The van der Waals surface area contributed by atoms with E-state index in [4.69, 9.17) is 10.5 Å². The number of primary amides is 1.